The van der Waals surface area contributed by atoms with Gasteiger partial charge in [0, 0.05) is 11.6 Å². The van der Waals surface area contributed by atoms with E-state index in [1.165, 1.54) is 36.1 Å². The second kappa shape index (κ2) is 5.72. The number of fused-ring (bicyclic) bond motifs is 1. The van der Waals surface area contributed by atoms with E-state index in [4.69, 9.17) is 4.74 Å². The van der Waals surface area contributed by atoms with Gasteiger partial charge in [0.25, 0.3) is 0 Å². The molecule has 2 aromatic heterocycles. The molecular weight excluding hydrogens is 314 g/mol. The van der Waals surface area contributed by atoms with Crippen molar-refractivity contribution >= 4 is 0 Å². The molecule has 128 valence electrons. The lowest BCUT2D eigenvalue weighted by Crippen LogP contribution is -2.06. The highest BCUT2D eigenvalue weighted by atomic mass is 16.5. The lowest BCUT2D eigenvalue weighted by Gasteiger charge is -2.09. The van der Waals surface area contributed by atoms with Gasteiger partial charge in [0.2, 0.25) is 0 Å². The molecule has 2 aliphatic carbocycles. The van der Waals surface area contributed by atoms with E-state index in [1.54, 1.807) is 7.11 Å². The Morgan fingerprint density at radius 3 is 2.84 bits per heavy atom. The first-order valence-electron chi connectivity index (χ1n) is 8.93. The van der Waals surface area contributed by atoms with Gasteiger partial charge in [-0.15, -0.1) is 5.10 Å². The minimum atomic E-state index is 0.622. The van der Waals surface area contributed by atoms with Crippen LogP contribution in [0.5, 0.6) is 5.75 Å². The van der Waals surface area contributed by atoms with E-state index in [2.05, 4.69) is 32.0 Å². The summed E-state index contributed by atoms with van der Waals surface area (Å²) in [6, 6.07) is 5.01. The fourth-order valence-electron chi connectivity index (χ4n) is 3.77. The molecule has 6 nitrogen and oxygen atoms in total. The Morgan fingerprint density at radius 2 is 2.04 bits per heavy atom. The van der Waals surface area contributed by atoms with Gasteiger partial charge in [0.1, 0.15) is 11.4 Å². The van der Waals surface area contributed by atoms with Crippen LogP contribution in [-0.4, -0.2) is 31.7 Å². The van der Waals surface area contributed by atoms with Crippen molar-refractivity contribution in [3.8, 4) is 17.0 Å². The van der Waals surface area contributed by atoms with Crippen LogP contribution in [0.1, 0.15) is 42.1 Å². The molecule has 5 rings (SSSR count). The standard InChI is InChI=1S/C19H21N5O/c1-25-19-8-14-4-2-3-13(14)7-17(19)18-11-23(22-21-18)10-16-9-20-12-24(16)15-5-6-15/h7-9,11-12,15H,2-6,10H2,1H3. The van der Waals surface area contributed by atoms with Gasteiger partial charge in [-0.1, -0.05) is 5.21 Å². The van der Waals surface area contributed by atoms with Gasteiger partial charge in [-0.25, -0.2) is 9.67 Å². The number of imidazole rings is 1. The molecule has 0 aliphatic heterocycles. The quantitative estimate of drug-likeness (QED) is 0.719. The van der Waals surface area contributed by atoms with Gasteiger partial charge in [-0.2, -0.15) is 0 Å². The molecule has 0 radical (unpaired) electrons. The van der Waals surface area contributed by atoms with Crippen LogP contribution in [0, 0.1) is 0 Å². The summed E-state index contributed by atoms with van der Waals surface area (Å²) in [6.07, 6.45) is 11.9. The molecule has 0 bridgehead atoms. The van der Waals surface area contributed by atoms with Crippen molar-refractivity contribution in [2.24, 2.45) is 0 Å². The van der Waals surface area contributed by atoms with Crippen LogP contribution >= 0.6 is 0 Å². The first-order chi connectivity index (χ1) is 12.3. The number of aryl methyl sites for hydroxylation is 2. The van der Waals surface area contributed by atoms with E-state index in [9.17, 15) is 0 Å². The molecule has 25 heavy (non-hydrogen) atoms. The molecule has 1 saturated carbocycles. The lowest BCUT2D eigenvalue weighted by atomic mass is 10.0. The van der Waals surface area contributed by atoms with Gasteiger partial charge in [-0.3, -0.25) is 0 Å². The number of ether oxygens (including phenoxy) is 1. The lowest BCUT2D eigenvalue weighted by molar-refractivity contribution is 0.416. The van der Waals surface area contributed by atoms with Crippen LogP contribution in [0.4, 0.5) is 0 Å². The summed E-state index contributed by atoms with van der Waals surface area (Å²) in [7, 11) is 1.72. The van der Waals surface area contributed by atoms with Gasteiger partial charge in [0.05, 0.1) is 38.1 Å². The summed E-state index contributed by atoms with van der Waals surface area (Å²) < 4.78 is 9.76. The number of hydrogen-bond acceptors (Lipinski definition) is 4. The summed E-state index contributed by atoms with van der Waals surface area (Å²) in [5.74, 6) is 0.885. The molecule has 0 amide bonds. The third-order valence-corrected chi connectivity index (χ3v) is 5.24. The van der Waals surface area contributed by atoms with Crippen molar-refractivity contribution in [1.82, 2.24) is 24.5 Å². The van der Waals surface area contributed by atoms with Crippen molar-refractivity contribution in [1.29, 1.82) is 0 Å². The van der Waals surface area contributed by atoms with Crippen LogP contribution in [-0.2, 0) is 19.4 Å². The van der Waals surface area contributed by atoms with E-state index in [-0.39, 0.29) is 0 Å². The number of methoxy groups -OCH3 is 1. The zero-order valence-electron chi connectivity index (χ0n) is 14.4. The van der Waals surface area contributed by atoms with Crippen molar-refractivity contribution in [3.63, 3.8) is 0 Å². The summed E-state index contributed by atoms with van der Waals surface area (Å²) in [6.45, 7) is 0.691. The normalized spacial score (nSPS) is 16.2. The Balaban J connectivity index is 1.45. The number of hydrogen-bond donors (Lipinski definition) is 0. The number of nitrogens with zero attached hydrogens (tertiary/aromatic N) is 5. The largest absolute Gasteiger partial charge is 0.496 e. The van der Waals surface area contributed by atoms with E-state index in [0.717, 1.165) is 29.8 Å². The first kappa shape index (κ1) is 14.7. The Labute approximate surface area is 146 Å². The molecule has 1 aromatic carbocycles. The molecule has 0 N–H and O–H groups in total. The summed E-state index contributed by atoms with van der Waals surface area (Å²) in [4.78, 5) is 4.29. The third kappa shape index (κ3) is 2.62. The van der Waals surface area contributed by atoms with Crippen LogP contribution in [0.25, 0.3) is 11.3 Å². The highest BCUT2D eigenvalue weighted by Gasteiger charge is 2.25. The first-order valence-corrected chi connectivity index (χ1v) is 8.93. The van der Waals surface area contributed by atoms with Crippen molar-refractivity contribution in [2.75, 3.05) is 7.11 Å². The Kier molecular flexibility index (Phi) is 3.36. The van der Waals surface area contributed by atoms with Gasteiger partial charge in [0.15, 0.2) is 0 Å². The van der Waals surface area contributed by atoms with E-state index >= 15 is 0 Å². The molecule has 0 unspecified atom stereocenters. The van der Waals surface area contributed by atoms with Crippen LogP contribution in [0.3, 0.4) is 0 Å². The molecule has 0 spiro atoms. The van der Waals surface area contributed by atoms with E-state index in [0.29, 0.717) is 12.6 Å². The molecule has 6 heteroatoms. The van der Waals surface area contributed by atoms with Crippen LogP contribution < -0.4 is 4.74 Å². The smallest absolute Gasteiger partial charge is 0.128 e. The predicted octanol–water partition coefficient (Wildman–Crippen LogP) is 3.02. The maximum Gasteiger partial charge on any atom is 0.128 e. The maximum atomic E-state index is 5.61. The van der Waals surface area contributed by atoms with Crippen molar-refractivity contribution in [3.05, 3.63) is 47.7 Å². The average Bonchev–Trinajstić information content (AvgIpc) is 3.03. The van der Waals surface area contributed by atoms with E-state index in [1.807, 2.05) is 23.4 Å². The van der Waals surface area contributed by atoms with E-state index < -0.39 is 0 Å². The second-order valence-electron chi connectivity index (χ2n) is 7.00. The topological polar surface area (TPSA) is 57.8 Å². The molecule has 0 saturated heterocycles. The Bertz CT molecular complexity index is 922. The zero-order valence-corrected chi connectivity index (χ0v) is 14.4. The summed E-state index contributed by atoms with van der Waals surface area (Å²) >= 11 is 0. The van der Waals surface area contributed by atoms with Gasteiger partial charge < -0.3 is 9.30 Å². The second-order valence-corrected chi connectivity index (χ2v) is 7.00. The minimum absolute atomic E-state index is 0.622. The zero-order chi connectivity index (χ0) is 16.8. The molecule has 1 fully saturated rings. The molecule has 0 atom stereocenters. The summed E-state index contributed by atoms with van der Waals surface area (Å²) in [5.41, 5.74) is 5.90. The molecule has 2 aliphatic rings. The van der Waals surface area contributed by atoms with Crippen LogP contribution in [0.2, 0.25) is 0 Å². The van der Waals surface area contributed by atoms with Crippen LogP contribution in [0.15, 0.2) is 30.9 Å². The predicted molar refractivity (Wildman–Crippen MR) is 93.6 cm³/mol. The van der Waals surface area contributed by atoms with Crippen molar-refractivity contribution < 1.29 is 4.74 Å². The highest BCUT2D eigenvalue weighted by molar-refractivity contribution is 5.69. The molecule has 3 aromatic rings. The molecular formula is C19H21N5O. The third-order valence-electron chi connectivity index (χ3n) is 5.24. The highest BCUT2D eigenvalue weighted by Crippen LogP contribution is 2.36. The maximum absolute atomic E-state index is 5.61. The van der Waals surface area contributed by atoms with Crippen molar-refractivity contribution in [2.45, 2.75) is 44.7 Å². The number of aromatic nitrogens is 5. The Hall–Kier alpha value is -2.63. The fourth-order valence-corrected chi connectivity index (χ4v) is 3.77. The average molecular weight is 335 g/mol. The summed E-state index contributed by atoms with van der Waals surface area (Å²) in [5, 5.41) is 8.72. The minimum Gasteiger partial charge on any atom is -0.496 e. The fraction of sp³-hybridized carbons (Fsp3) is 0.421. The molecule has 2 heterocycles. The number of rotatable bonds is 5. The Morgan fingerprint density at radius 1 is 1.20 bits per heavy atom. The van der Waals surface area contributed by atoms with Gasteiger partial charge >= 0.3 is 0 Å². The SMILES string of the molecule is COc1cc2c(cc1-c1cn(Cc3cncn3C3CC3)nn1)CCC2. The van der Waals surface area contributed by atoms with Gasteiger partial charge in [-0.05, 0) is 55.4 Å². The number of benzene rings is 1. The monoisotopic (exact) mass is 335 g/mol.